The van der Waals surface area contributed by atoms with Crippen LogP contribution in [0.4, 0.5) is 0 Å². The largest absolute Gasteiger partial charge is 0.384 e. The van der Waals surface area contributed by atoms with E-state index in [2.05, 4.69) is 5.32 Å². The van der Waals surface area contributed by atoms with Crippen molar-refractivity contribution >= 4 is 5.91 Å². The molecule has 0 radical (unpaired) electrons. The third-order valence-corrected chi connectivity index (χ3v) is 3.36. The molecule has 2 aliphatic rings. The lowest BCUT2D eigenvalue weighted by atomic mass is 9.95. The number of carbonyl (C=O) groups is 1. The summed E-state index contributed by atoms with van der Waals surface area (Å²) in [6.45, 7) is 4.35. The van der Waals surface area contributed by atoms with Crippen LogP contribution in [0.15, 0.2) is 0 Å². The summed E-state index contributed by atoms with van der Waals surface area (Å²) < 4.78 is 5.16. The zero-order chi connectivity index (χ0) is 10.7. The normalized spacial score (nSPS) is 27.5. The van der Waals surface area contributed by atoms with Gasteiger partial charge >= 0.3 is 0 Å². The van der Waals surface area contributed by atoms with E-state index in [4.69, 9.17) is 4.74 Å². The molecule has 86 valence electrons. The number of ether oxygens (including phenoxy) is 1. The molecule has 2 fully saturated rings. The van der Waals surface area contributed by atoms with E-state index in [1.807, 2.05) is 4.90 Å². The van der Waals surface area contributed by atoms with Gasteiger partial charge in [-0.05, 0) is 18.8 Å². The molecule has 0 aromatic carbocycles. The van der Waals surface area contributed by atoms with Gasteiger partial charge in [0.05, 0.1) is 12.5 Å². The maximum absolute atomic E-state index is 12.0. The number of piperidine rings is 1. The maximum atomic E-state index is 12.0. The third kappa shape index (κ3) is 2.49. The number of methoxy groups -OCH3 is 1. The van der Waals surface area contributed by atoms with Crippen molar-refractivity contribution in [3.05, 3.63) is 0 Å². The van der Waals surface area contributed by atoms with Gasteiger partial charge in [0, 0.05) is 33.3 Å². The number of hydrogen-bond donors (Lipinski definition) is 1. The van der Waals surface area contributed by atoms with Crippen LogP contribution in [-0.4, -0.2) is 50.7 Å². The van der Waals surface area contributed by atoms with Gasteiger partial charge in [0.15, 0.2) is 0 Å². The predicted molar refractivity (Wildman–Crippen MR) is 57.5 cm³/mol. The van der Waals surface area contributed by atoms with Gasteiger partial charge in [-0.2, -0.15) is 0 Å². The molecule has 0 bridgehead atoms. The minimum absolute atomic E-state index is 0.242. The highest BCUT2D eigenvalue weighted by atomic mass is 16.5. The van der Waals surface area contributed by atoms with Crippen LogP contribution in [0.5, 0.6) is 0 Å². The lowest BCUT2D eigenvalue weighted by Gasteiger charge is -2.37. The van der Waals surface area contributed by atoms with E-state index in [1.54, 1.807) is 7.11 Å². The first-order chi connectivity index (χ1) is 7.31. The number of hydrogen-bond acceptors (Lipinski definition) is 3. The molecule has 0 saturated carbocycles. The number of nitrogens with zero attached hydrogens (tertiary/aromatic N) is 1. The van der Waals surface area contributed by atoms with Crippen molar-refractivity contribution in [1.82, 2.24) is 10.2 Å². The summed E-state index contributed by atoms with van der Waals surface area (Å²) in [6, 6.07) is 0. The van der Waals surface area contributed by atoms with Crippen molar-refractivity contribution in [1.29, 1.82) is 0 Å². The summed E-state index contributed by atoms with van der Waals surface area (Å²) in [5.41, 5.74) is 0. The number of nitrogens with one attached hydrogen (secondary N) is 1. The van der Waals surface area contributed by atoms with Crippen LogP contribution in [0, 0.1) is 11.8 Å². The van der Waals surface area contributed by atoms with Gasteiger partial charge in [-0.3, -0.25) is 4.79 Å². The molecule has 4 heteroatoms. The Labute approximate surface area is 91.0 Å². The summed E-state index contributed by atoms with van der Waals surface area (Å²) in [6.07, 6.45) is 2.32. The van der Waals surface area contributed by atoms with E-state index in [0.717, 1.165) is 39.2 Å². The Morgan fingerprint density at radius 2 is 2.33 bits per heavy atom. The molecule has 1 atom stereocenters. The molecule has 0 unspecified atom stereocenters. The molecule has 2 saturated heterocycles. The molecule has 1 N–H and O–H groups in total. The van der Waals surface area contributed by atoms with Gasteiger partial charge in [-0.1, -0.05) is 0 Å². The van der Waals surface area contributed by atoms with Gasteiger partial charge in [0.2, 0.25) is 5.91 Å². The van der Waals surface area contributed by atoms with Crippen molar-refractivity contribution < 1.29 is 9.53 Å². The lowest BCUT2D eigenvalue weighted by Crippen LogP contribution is -2.54. The standard InChI is InChI=1S/C11H20N2O2/c1-15-8-9-3-2-4-13(7-9)11(14)10-5-12-6-10/h9-10,12H,2-8H2,1H3/t9-/m1/s1. The van der Waals surface area contributed by atoms with Crippen LogP contribution < -0.4 is 5.32 Å². The number of likely N-dealkylation sites (tertiary alicyclic amines) is 1. The quantitative estimate of drug-likeness (QED) is 0.721. The summed E-state index contributed by atoms with van der Waals surface area (Å²) in [5.74, 6) is 1.13. The van der Waals surface area contributed by atoms with Gasteiger partial charge in [0.1, 0.15) is 0 Å². The first kappa shape index (κ1) is 10.9. The Morgan fingerprint density at radius 1 is 1.53 bits per heavy atom. The second-order valence-electron chi connectivity index (χ2n) is 4.60. The average Bonchev–Trinajstić information content (AvgIpc) is 2.16. The van der Waals surface area contributed by atoms with E-state index in [1.165, 1.54) is 6.42 Å². The predicted octanol–water partition coefficient (Wildman–Crippen LogP) is 0.0908. The van der Waals surface area contributed by atoms with E-state index >= 15 is 0 Å². The fourth-order valence-corrected chi connectivity index (χ4v) is 2.36. The summed E-state index contributed by atoms with van der Waals surface area (Å²) >= 11 is 0. The second-order valence-corrected chi connectivity index (χ2v) is 4.60. The zero-order valence-electron chi connectivity index (χ0n) is 9.37. The van der Waals surface area contributed by atoms with Gasteiger partial charge in [-0.15, -0.1) is 0 Å². The molecule has 2 rings (SSSR count). The summed E-state index contributed by atoms with van der Waals surface area (Å²) in [7, 11) is 1.73. The monoisotopic (exact) mass is 212 g/mol. The number of amides is 1. The smallest absolute Gasteiger partial charge is 0.228 e. The molecular formula is C11H20N2O2. The van der Waals surface area contributed by atoms with Crippen molar-refractivity contribution in [2.24, 2.45) is 11.8 Å². The molecule has 15 heavy (non-hydrogen) atoms. The minimum atomic E-state index is 0.242. The average molecular weight is 212 g/mol. The fraction of sp³-hybridized carbons (Fsp3) is 0.909. The SMILES string of the molecule is COC[C@@H]1CCCN(C(=O)C2CNC2)C1. The maximum Gasteiger partial charge on any atom is 0.228 e. The van der Waals surface area contributed by atoms with E-state index in [-0.39, 0.29) is 5.92 Å². The lowest BCUT2D eigenvalue weighted by molar-refractivity contribution is -0.139. The molecule has 0 aliphatic carbocycles. The van der Waals surface area contributed by atoms with Crippen LogP contribution >= 0.6 is 0 Å². The Hall–Kier alpha value is -0.610. The van der Waals surface area contributed by atoms with Crippen LogP contribution in [-0.2, 0) is 9.53 Å². The molecule has 4 nitrogen and oxygen atoms in total. The van der Waals surface area contributed by atoms with Gasteiger partial charge in [-0.25, -0.2) is 0 Å². The minimum Gasteiger partial charge on any atom is -0.384 e. The van der Waals surface area contributed by atoms with E-state index in [0.29, 0.717) is 11.8 Å². The fourth-order valence-electron chi connectivity index (χ4n) is 2.36. The van der Waals surface area contributed by atoms with Crippen molar-refractivity contribution in [3.8, 4) is 0 Å². The van der Waals surface area contributed by atoms with Crippen molar-refractivity contribution in [3.63, 3.8) is 0 Å². The Balaban J connectivity index is 1.83. The number of carbonyl (C=O) groups excluding carboxylic acids is 1. The summed E-state index contributed by atoms with van der Waals surface area (Å²) in [5, 5.41) is 3.15. The highest BCUT2D eigenvalue weighted by Gasteiger charge is 2.31. The Kier molecular flexibility index (Phi) is 3.59. The Morgan fingerprint density at radius 3 is 2.93 bits per heavy atom. The van der Waals surface area contributed by atoms with E-state index in [9.17, 15) is 4.79 Å². The summed E-state index contributed by atoms with van der Waals surface area (Å²) in [4.78, 5) is 14.0. The third-order valence-electron chi connectivity index (χ3n) is 3.36. The highest BCUT2D eigenvalue weighted by molar-refractivity contribution is 5.80. The van der Waals surface area contributed by atoms with E-state index < -0.39 is 0 Å². The van der Waals surface area contributed by atoms with Crippen LogP contribution in [0.25, 0.3) is 0 Å². The first-order valence-electron chi connectivity index (χ1n) is 5.79. The topological polar surface area (TPSA) is 41.6 Å². The number of rotatable bonds is 3. The highest BCUT2D eigenvalue weighted by Crippen LogP contribution is 2.19. The van der Waals surface area contributed by atoms with Crippen LogP contribution in [0.3, 0.4) is 0 Å². The van der Waals surface area contributed by atoms with Crippen molar-refractivity contribution in [2.45, 2.75) is 12.8 Å². The van der Waals surface area contributed by atoms with Crippen LogP contribution in [0.2, 0.25) is 0 Å². The molecule has 2 heterocycles. The molecule has 0 spiro atoms. The first-order valence-corrected chi connectivity index (χ1v) is 5.79. The Bertz CT molecular complexity index is 227. The van der Waals surface area contributed by atoms with Gasteiger partial charge < -0.3 is 15.0 Å². The molecule has 0 aromatic heterocycles. The zero-order valence-corrected chi connectivity index (χ0v) is 9.37. The molecular weight excluding hydrogens is 192 g/mol. The van der Waals surface area contributed by atoms with Gasteiger partial charge in [0.25, 0.3) is 0 Å². The van der Waals surface area contributed by atoms with Crippen LogP contribution in [0.1, 0.15) is 12.8 Å². The molecule has 2 aliphatic heterocycles. The second kappa shape index (κ2) is 4.94. The molecule has 0 aromatic rings. The van der Waals surface area contributed by atoms with Crippen molar-refractivity contribution in [2.75, 3.05) is 39.9 Å². The molecule has 1 amide bonds.